The van der Waals surface area contributed by atoms with Gasteiger partial charge in [0.15, 0.2) is 5.65 Å². The van der Waals surface area contributed by atoms with Crippen molar-refractivity contribution in [1.82, 2.24) is 19.6 Å². The van der Waals surface area contributed by atoms with Crippen LogP contribution in [0.4, 0.5) is 19.0 Å². The quantitative estimate of drug-likeness (QED) is 0.472. The second-order valence-corrected chi connectivity index (χ2v) is 9.05. The van der Waals surface area contributed by atoms with Gasteiger partial charge in [-0.05, 0) is 21.7 Å². The van der Waals surface area contributed by atoms with E-state index in [4.69, 9.17) is 0 Å². The molecule has 0 N–H and O–H groups in total. The van der Waals surface area contributed by atoms with E-state index in [1.54, 1.807) is 12.4 Å². The van der Waals surface area contributed by atoms with Gasteiger partial charge in [-0.25, -0.2) is 4.98 Å². The Morgan fingerprint density at radius 1 is 1.21 bits per heavy atom. The van der Waals surface area contributed by atoms with Crippen LogP contribution in [-0.2, 0) is 13.0 Å². The first-order valence-corrected chi connectivity index (χ1v) is 11.1. The number of allylic oxidation sites excluding steroid dienone is 3. The van der Waals surface area contributed by atoms with Gasteiger partial charge < -0.3 is 4.90 Å². The molecule has 1 aliphatic heterocycles. The lowest BCUT2D eigenvalue weighted by atomic mass is 10.2. The zero-order valence-electron chi connectivity index (χ0n) is 15.4. The van der Waals surface area contributed by atoms with Gasteiger partial charge in [-0.1, -0.05) is 38.9 Å². The van der Waals surface area contributed by atoms with Gasteiger partial charge >= 0.3 is 6.18 Å². The molecule has 1 aliphatic rings. The highest BCUT2D eigenvalue weighted by atomic mass is 127. The predicted octanol–water partition coefficient (Wildman–Crippen LogP) is 4.55. The van der Waals surface area contributed by atoms with Crippen LogP contribution >= 0.6 is 20.7 Å². The fourth-order valence-corrected chi connectivity index (χ4v) is 4.88. The van der Waals surface area contributed by atoms with Crippen molar-refractivity contribution >= 4 is 39.8 Å². The lowest BCUT2D eigenvalue weighted by Crippen LogP contribution is -2.20. The van der Waals surface area contributed by atoms with Crippen molar-refractivity contribution in [2.24, 2.45) is 0 Å². The Balaban J connectivity index is 1.82. The number of nitrogens with zero attached hydrogens (tertiary/aromatic N) is 5. The molecular formula is C20H17F3IN5. The molecule has 0 amide bonds. The maximum Gasteiger partial charge on any atom is 0.393 e. The molecule has 0 saturated heterocycles. The topological polar surface area (TPSA) is 46.3 Å². The minimum Gasteiger partial charge on any atom is -0.355 e. The predicted molar refractivity (Wildman–Crippen MR) is 116 cm³/mol. The van der Waals surface area contributed by atoms with E-state index in [9.17, 15) is 13.2 Å². The molecule has 0 fully saturated rings. The Morgan fingerprint density at radius 2 is 2.07 bits per heavy atom. The van der Waals surface area contributed by atoms with Crippen molar-refractivity contribution in [2.45, 2.75) is 19.1 Å². The van der Waals surface area contributed by atoms with Crippen LogP contribution in [0, 0.1) is 0 Å². The molecule has 0 aliphatic carbocycles. The van der Waals surface area contributed by atoms with E-state index in [1.807, 2.05) is 48.4 Å². The number of hydrogen-bond donors (Lipinski definition) is 0. The molecule has 4 rings (SSSR count). The summed E-state index contributed by atoms with van der Waals surface area (Å²) in [5.41, 5.74) is 2.00. The average molecular weight is 511 g/mol. The Bertz CT molecular complexity index is 1120. The Kier molecular flexibility index (Phi) is 5.48. The molecule has 9 heteroatoms. The minimum absolute atomic E-state index is 0.0736. The van der Waals surface area contributed by atoms with E-state index in [2.05, 4.69) is 19.1 Å². The normalized spacial score (nSPS) is 14.0. The van der Waals surface area contributed by atoms with Crippen LogP contribution in [0.3, 0.4) is 0 Å². The van der Waals surface area contributed by atoms with Gasteiger partial charge in [0.05, 0.1) is 18.3 Å². The van der Waals surface area contributed by atoms with Crippen LogP contribution in [0.1, 0.15) is 16.8 Å². The SMILES string of the molecule is CN(Cc1cccnc1)c1cc(C2=CC=CC=I2)nc2c(CC(F)(F)F)cnn12. The number of anilines is 1. The van der Waals surface area contributed by atoms with Crippen molar-refractivity contribution in [3.63, 3.8) is 0 Å². The lowest BCUT2D eigenvalue weighted by Gasteiger charge is -2.21. The summed E-state index contributed by atoms with van der Waals surface area (Å²) >= 11 is -0.385. The summed E-state index contributed by atoms with van der Waals surface area (Å²) in [5, 5.41) is 4.22. The summed E-state index contributed by atoms with van der Waals surface area (Å²) < 4.78 is 43.8. The summed E-state index contributed by atoms with van der Waals surface area (Å²) in [6, 6.07) is 5.70. The monoisotopic (exact) mass is 511 g/mol. The van der Waals surface area contributed by atoms with Gasteiger partial charge in [0.25, 0.3) is 0 Å². The summed E-state index contributed by atoms with van der Waals surface area (Å²) in [7, 11) is 1.88. The molecule has 3 aromatic heterocycles. The van der Waals surface area contributed by atoms with Crippen LogP contribution in [0.25, 0.3) is 9.23 Å². The van der Waals surface area contributed by atoms with Crippen LogP contribution in [0.5, 0.6) is 0 Å². The summed E-state index contributed by atoms with van der Waals surface area (Å²) in [4.78, 5) is 10.6. The third kappa shape index (κ3) is 4.55. The van der Waals surface area contributed by atoms with Crippen LogP contribution in [-0.4, -0.2) is 36.8 Å². The fourth-order valence-electron chi connectivity index (χ4n) is 3.04. The smallest absolute Gasteiger partial charge is 0.355 e. The minimum atomic E-state index is -4.32. The van der Waals surface area contributed by atoms with Gasteiger partial charge in [0.2, 0.25) is 0 Å². The number of hydrogen-bond acceptors (Lipinski definition) is 4. The zero-order chi connectivity index (χ0) is 20.4. The van der Waals surface area contributed by atoms with Crippen LogP contribution in [0.15, 0.2) is 55.0 Å². The summed E-state index contributed by atoms with van der Waals surface area (Å²) in [6.45, 7) is 0.543. The van der Waals surface area contributed by atoms with Gasteiger partial charge in [0, 0.05) is 41.2 Å². The third-order valence-corrected chi connectivity index (χ3v) is 6.66. The third-order valence-electron chi connectivity index (χ3n) is 4.30. The van der Waals surface area contributed by atoms with E-state index in [1.165, 1.54) is 10.7 Å². The van der Waals surface area contributed by atoms with Crippen molar-refractivity contribution in [3.8, 4) is 0 Å². The molecule has 0 saturated carbocycles. The highest BCUT2D eigenvalue weighted by Gasteiger charge is 2.30. The molecule has 4 heterocycles. The maximum atomic E-state index is 13.0. The lowest BCUT2D eigenvalue weighted by molar-refractivity contribution is -0.127. The van der Waals surface area contributed by atoms with E-state index in [-0.39, 0.29) is 31.9 Å². The van der Waals surface area contributed by atoms with E-state index in [0.717, 1.165) is 9.14 Å². The van der Waals surface area contributed by atoms with Crippen molar-refractivity contribution < 1.29 is 13.2 Å². The molecule has 0 spiro atoms. The van der Waals surface area contributed by atoms with E-state index in [0.29, 0.717) is 18.1 Å². The molecule has 5 nitrogen and oxygen atoms in total. The number of fused-ring (bicyclic) bond motifs is 1. The molecule has 0 atom stereocenters. The second-order valence-electron chi connectivity index (χ2n) is 6.55. The Morgan fingerprint density at radius 3 is 2.76 bits per heavy atom. The molecule has 0 aromatic carbocycles. The average Bonchev–Trinajstić information content (AvgIpc) is 3.10. The highest BCUT2D eigenvalue weighted by Crippen LogP contribution is 2.32. The number of rotatable bonds is 5. The number of pyridine rings is 1. The van der Waals surface area contributed by atoms with Gasteiger partial charge in [-0.2, -0.15) is 22.8 Å². The first kappa shape index (κ1) is 19.7. The number of halogens is 4. The van der Waals surface area contributed by atoms with Gasteiger partial charge in [-0.15, -0.1) is 0 Å². The van der Waals surface area contributed by atoms with E-state index < -0.39 is 12.6 Å². The highest BCUT2D eigenvalue weighted by molar-refractivity contribution is 14.2. The first-order chi connectivity index (χ1) is 13.9. The molecular weight excluding hydrogens is 494 g/mol. The number of aromatic nitrogens is 4. The van der Waals surface area contributed by atoms with Crippen LogP contribution < -0.4 is 4.90 Å². The Labute approximate surface area is 175 Å². The Hall–Kier alpha value is -2.56. The molecule has 29 heavy (non-hydrogen) atoms. The maximum absolute atomic E-state index is 13.0. The zero-order valence-corrected chi connectivity index (χ0v) is 17.6. The molecule has 3 aromatic rings. The summed E-state index contributed by atoms with van der Waals surface area (Å²) in [6.07, 6.45) is 5.24. The molecule has 150 valence electrons. The largest absolute Gasteiger partial charge is 0.393 e. The molecule has 0 bridgehead atoms. The number of alkyl halides is 3. The first-order valence-electron chi connectivity index (χ1n) is 8.79. The molecule has 0 radical (unpaired) electrons. The van der Waals surface area contributed by atoms with Crippen LogP contribution in [0.2, 0.25) is 0 Å². The standard InChI is InChI=1S/C20H17F3IN5/c1-28(13-14-5-4-8-25-11-14)18-9-17(16-6-2-3-7-24-16)27-19-15(10-20(21,22)23)12-26-29(18)19/h2-9,11-12H,10,13H2,1H3. The van der Waals surface area contributed by atoms with Crippen molar-refractivity contribution in [3.05, 3.63) is 71.8 Å². The van der Waals surface area contributed by atoms with E-state index >= 15 is 0 Å². The molecule has 0 unspecified atom stereocenters. The van der Waals surface area contributed by atoms with Gasteiger partial charge in [0.1, 0.15) is 5.82 Å². The van der Waals surface area contributed by atoms with Gasteiger partial charge in [-0.3, -0.25) is 4.98 Å². The fraction of sp³-hybridized carbons (Fsp3) is 0.200. The second kappa shape index (κ2) is 8.05. The van der Waals surface area contributed by atoms with Crippen molar-refractivity contribution in [2.75, 3.05) is 11.9 Å². The van der Waals surface area contributed by atoms with Crippen molar-refractivity contribution in [1.29, 1.82) is 0 Å². The summed E-state index contributed by atoms with van der Waals surface area (Å²) in [5.74, 6) is 0.682.